The summed E-state index contributed by atoms with van der Waals surface area (Å²) in [6.07, 6.45) is 2.84. The molecule has 0 heterocycles. The van der Waals surface area contributed by atoms with Gasteiger partial charge < -0.3 is 9.84 Å². The van der Waals surface area contributed by atoms with Crippen LogP contribution in [0.25, 0.3) is 0 Å². The highest BCUT2D eigenvalue weighted by molar-refractivity contribution is 5.68. The molecule has 1 fully saturated rings. The Labute approximate surface area is 132 Å². The quantitative estimate of drug-likeness (QED) is 0.783. The smallest absolute Gasteiger partial charge is 0.481 e. The van der Waals surface area contributed by atoms with Gasteiger partial charge in [-0.1, -0.05) is 24.3 Å². The number of aliphatic carboxylic acids is 1. The van der Waals surface area contributed by atoms with E-state index in [2.05, 4.69) is 4.74 Å². The summed E-state index contributed by atoms with van der Waals surface area (Å²) in [5.41, 5.74) is 1.02. The maximum absolute atomic E-state index is 12.1. The van der Waals surface area contributed by atoms with Gasteiger partial charge in [0.05, 0.1) is 6.42 Å². The fourth-order valence-corrected chi connectivity index (χ4v) is 2.95. The first-order valence-electron chi connectivity index (χ1n) is 7.57. The first-order chi connectivity index (χ1) is 10.8. The molecule has 1 aromatic rings. The summed E-state index contributed by atoms with van der Waals surface area (Å²) in [4.78, 5) is 10.5. The Bertz CT molecular complexity index is 541. The molecule has 0 amide bonds. The van der Waals surface area contributed by atoms with Crippen molar-refractivity contribution in [1.82, 2.24) is 0 Å². The number of halogens is 3. The average Bonchev–Trinajstić information content (AvgIpc) is 2.47. The predicted molar refractivity (Wildman–Crippen MR) is 79.2 cm³/mol. The second-order valence-electron chi connectivity index (χ2n) is 5.75. The fourth-order valence-electron chi connectivity index (χ4n) is 2.95. The van der Waals surface area contributed by atoms with Gasteiger partial charge in [0.15, 0.2) is 0 Å². The van der Waals surface area contributed by atoms with E-state index in [9.17, 15) is 18.0 Å². The first-order valence-corrected chi connectivity index (χ1v) is 7.57. The third-order valence-corrected chi connectivity index (χ3v) is 4.06. The van der Waals surface area contributed by atoms with Crippen LogP contribution in [-0.4, -0.2) is 17.4 Å². The van der Waals surface area contributed by atoms with Crippen LogP contribution >= 0.6 is 0 Å². The lowest BCUT2D eigenvalue weighted by atomic mass is 9.78. The maximum atomic E-state index is 12.1. The van der Waals surface area contributed by atoms with E-state index >= 15 is 0 Å². The van der Waals surface area contributed by atoms with Gasteiger partial charge in [0.25, 0.3) is 0 Å². The molecule has 1 aliphatic carbocycles. The van der Waals surface area contributed by atoms with Crippen molar-refractivity contribution in [1.29, 1.82) is 0 Å². The van der Waals surface area contributed by atoms with Crippen molar-refractivity contribution >= 4 is 5.97 Å². The summed E-state index contributed by atoms with van der Waals surface area (Å²) in [5.74, 6) is -0.319. The zero-order chi connectivity index (χ0) is 16.9. The number of hydrogen-bond donors (Lipinski definition) is 1. The summed E-state index contributed by atoms with van der Waals surface area (Å²) in [6, 6.07) is 6.07. The van der Waals surface area contributed by atoms with Gasteiger partial charge in [0, 0.05) is 0 Å². The molecule has 0 atom stereocenters. The minimum atomic E-state index is -4.66. The van der Waals surface area contributed by atoms with Crippen LogP contribution in [0.15, 0.2) is 36.4 Å². The Kier molecular flexibility index (Phi) is 5.69. The standard InChI is InChI=1S/C17H19F3O3/c18-17(19,20)23-15-10-8-14(9-11-15)13-6-4-12(5-7-13)2-1-3-16(21)22/h1-2,8-13H,3-7H2,(H,21,22). The zero-order valence-electron chi connectivity index (χ0n) is 12.6. The number of carbonyl (C=O) groups is 1. The lowest BCUT2D eigenvalue weighted by Gasteiger charge is -2.27. The fraction of sp³-hybridized carbons (Fsp3) is 0.471. The van der Waals surface area contributed by atoms with Crippen molar-refractivity contribution in [3.63, 3.8) is 0 Å². The molecule has 1 N–H and O–H groups in total. The molecule has 126 valence electrons. The number of rotatable bonds is 5. The second-order valence-corrected chi connectivity index (χ2v) is 5.75. The molecule has 0 aromatic heterocycles. The molecule has 0 aliphatic heterocycles. The molecule has 1 aromatic carbocycles. The molecule has 0 bridgehead atoms. The number of carboxylic acid groups (broad SMARTS) is 1. The highest BCUT2D eigenvalue weighted by Crippen LogP contribution is 2.37. The molecule has 0 radical (unpaired) electrons. The highest BCUT2D eigenvalue weighted by atomic mass is 19.4. The van der Waals surface area contributed by atoms with Gasteiger partial charge in [-0.3, -0.25) is 4.79 Å². The Morgan fingerprint density at radius 2 is 1.78 bits per heavy atom. The number of benzene rings is 1. The monoisotopic (exact) mass is 328 g/mol. The largest absolute Gasteiger partial charge is 0.573 e. The minimum Gasteiger partial charge on any atom is -0.481 e. The molecule has 0 unspecified atom stereocenters. The van der Waals surface area contributed by atoms with Gasteiger partial charge in [0.2, 0.25) is 0 Å². The molecule has 0 saturated heterocycles. The van der Waals surface area contributed by atoms with Gasteiger partial charge in [-0.15, -0.1) is 13.2 Å². The lowest BCUT2D eigenvalue weighted by molar-refractivity contribution is -0.274. The Hall–Kier alpha value is -1.98. The van der Waals surface area contributed by atoms with Crippen LogP contribution in [0.2, 0.25) is 0 Å². The third kappa shape index (κ3) is 5.96. The van der Waals surface area contributed by atoms with E-state index in [0.717, 1.165) is 31.2 Å². The normalized spacial score (nSPS) is 22.2. The number of ether oxygens (including phenoxy) is 1. The molecule has 6 heteroatoms. The number of hydrogen-bond acceptors (Lipinski definition) is 2. The van der Waals surface area contributed by atoms with Gasteiger partial charge in [0.1, 0.15) is 5.75 Å². The van der Waals surface area contributed by atoms with E-state index < -0.39 is 12.3 Å². The van der Waals surface area contributed by atoms with Crippen molar-refractivity contribution in [2.75, 3.05) is 0 Å². The van der Waals surface area contributed by atoms with Gasteiger partial charge in [-0.2, -0.15) is 0 Å². The van der Waals surface area contributed by atoms with Crippen molar-refractivity contribution in [3.05, 3.63) is 42.0 Å². The van der Waals surface area contributed by atoms with E-state index in [-0.39, 0.29) is 12.2 Å². The van der Waals surface area contributed by atoms with Crippen LogP contribution in [0.5, 0.6) is 5.75 Å². The zero-order valence-corrected chi connectivity index (χ0v) is 12.6. The molecule has 23 heavy (non-hydrogen) atoms. The van der Waals surface area contributed by atoms with E-state index in [4.69, 9.17) is 5.11 Å². The number of alkyl halides is 3. The Morgan fingerprint density at radius 1 is 1.17 bits per heavy atom. The van der Waals surface area contributed by atoms with Gasteiger partial charge in [-0.05, 0) is 55.2 Å². The van der Waals surface area contributed by atoms with Crippen molar-refractivity contribution in [2.24, 2.45) is 5.92 Å². The van der Waals surface area contributed by atoms with Crippen molar-refractivity contribution in [3.8, 4) is 5.75 Å². The highest BCUT2D eigenvalue weighted by Gasteiger charge is 2.31. The molecule has 3 nitrogen and oxygen atoms in total. The van der Waals surface area contributed by atoms with E-state index in [1.54, 1.807) is 18.2 Å². The topological polar surface area (TPSA) is 46.5 Å². The van der Waals surface area contributed by atoms with E-state index in [1.165, 1.54) is 12.1 Å². The van der Waals surface area contributed by atoms with Crippen LogP contribution in [-0.2, 0) is 4.79 Å². The van der Waals surface area contributed by atoms with Crippen LogP contribution in [0.1, 0.15) is 43.6 Å². The molecule has 0 spiro atoms. The predicted octanol–water partition coefficient (Wildman–Crippen LogP) is 4.89. The summed E-state index contributed by atoms with van der Waals surface area (Å²) in [5, 5.41) is 8.59. The van der Waals surface area contributed by atoms with Crippen molar-refractivity contribution < 1.29 is 27.8 Å². The van der Waals surface area contributed by atoms with Gasteiger partial charge in [-0.25, -0.2) is 0 Å². The Balaban J connectivity index is 1.85. The summed E-state index contributed by atoms with van der Waals surface area (Å²) in [6.45, 7) is 0. The van der Waals surface area contributed by atoms with E-state index in [1.807, 2.05) is 6.08 Å². The Morgan fingerprint density at radius 3 is 2.30 bits per heavy atom. The lowest BCUT2D eigenvalue weighted by Crippen LogP contribution is -2.17. The number of allylic oxidation sites excluding steroid dienone is 1. The number of carboxylic acids is 1. The molecular weight excluding hydrogens is 309 g/mol. The third-order valence-electron chi connectivity index (χ3n) is 4.06. The SMILES string of the molecule is O=C(O)CC=CC1CCC(c2ccc(OC(F)(F)F)cc2)CC1. The molecule has 1 saturated carbocycles. The van der Waals surface area contributed by atoms with Crippen LogP contribution < -0.4 is 4.74 Å². The van der Waals surface area contributed by atoms with Crippen LogP contribution in [0.3, 0.4) is 0 Å². The first kappa shape index (κ1) is 17.4. The molecular formula is C17H19F3O3. The molecule has 2 rings (SSSR count). The second kappa shape index (κ2) is 7.53. The summed E-state index contributed by atoms with van der Waals surface area (Å²) >= 11 is 0. The average molecular weight is 328 g/mol. The maximum Gasteiger partial charge on any atom is 0.573 e. The molecule has 1 aliphatic rings. The summed E-state index contributed by atoms with van der Waals surface area (Å²) < 4.78 is 40.2. The van der Waals surface area contributed by atoms with Crippen LogP contribution in [0, 0.1) is 5.92 Å². The van der Waals surface area contributed by atoms with Gasteiger partial charge >= 0.3 is 12.3 Å². The van der Waals surface area contributed by atoms with E-state index in [0.29, 0.717) is 11.8 Å². The van der Waals surface area contributed by atoms with Crippen molar-refractivity contribution in [2.45, 2.75) is 44.4 Å². The minimum absolute atomic E-state index is 0.0423. The summed E-state index contributed by atoms with van der Waals surface area (Å²) in [7, 11) is 0. The van der Waals surface area contributed by atoms with Crippen LogP contribution in [0.4, 0.5) is 13.2 Å².